The maximum absolute atomic E-state index is 13.5. The molecule has 2 amide bonds. The fourth-order valence-corrected chi connectivity index (χ4v) is 4.03. The fourth-order valence-electron chi connectivity index (χ4n) is 4.03. The quantitative estimate of drug-likeness (QED) is 0.246. The standard InChI is InChI=1S/C23H26N2O6/c1-4-30-19(26)17(20(27)31-5-2)14-25-22(29)23(21(28)24-25)12-11-15(3)13-18(23)16-9-7-6-8-10-16/h6-11,14,18H,4-5,12-13H2,1-3H3,(H,24,28). The van der Waals surface area contributed by atoms with Crippen LogP contribution in [0.3, 0.4) is 0 Å². The predicted octanol–water partition coefficient (Wildman–Crippen LogP) is 2.38. The van der Waals surface area contributed by atoms with E-state index in [0.717, 1.165) is 22.3 Å². The summed E-state index contributed by atoms with van der Waals surface area (Å²) in [6, 6.07) is 9.40. The first-order chi connectivity index (χ1) is 14.8. The van der Waals surface area contributed by atoms with Gasteiger partial charge in [0.1, 0.15) is 5.41 Å². The summed E-state index contributed by atoms with van der Waals surface area (Å²) in [5.74, 6) is -3.23. The second kappa shape index (κ2) is 9.16. The van der Waals surface area contributed by atoms with Crippen LogP contribution in [-0.4, -0.2) is 42.0 Å². The molecule has 1 saturated heterocycles. The lowest BCUT2D eigenvalue weighted by atomic mass is 9.64. The van der Waals surface area contributed by atoms with Crippen molar-refractivity contribution >= 4 is 23.8 Å². The summed E-state index contributed by atoms with van der Waals surface area (Å²) in [7, 11) is 0. The van der Waals surface area contributed by atoms with E-state index in [1.807, 2.05) is 43.3 Å². The third kappa shape index (κ3) is 4.10. The number of esters is 2. The van der Waals surface area contributed by atoms with Gasteiger partial charge in [-0.3, -0.25) is 15.0 Å². The first-order valence-corrected chi connectivity index (χ1v) is 10.3. The maximum atomic E-state index is 13.5. The monoisotopic (exact) mass is 426 g/mol. The number of rotatable bonds is 6. The molecule has 1 fully saturated rings. The molecule has 8 nitrogen and oxygen atoms in total. The number of ether oxygens (including phenoxy) is 2. The van der Waals surface area contributed by atoms with E-state index in [9.17, 15) is 19.2 Å². The molecule has 2 atom stereocenters. The average molecular weight is 426 g/mol. The minimum absolute atomic E-state index is 0.0416. The Labute approximate surface area is 180 Å². The second-order valence-corrected chi connectivity index (χ2v) is 7.49. The molecule has 1 aliphatic carbocycles. The largest absolute Gasteiger partial charge is 0.462 e. The van der Waals surface area contributed by atoms with Crippen molar-refractivity contribution in [3.05, 3.63) is 59.3 Å². The van der Waals surface area contributed by atoms with Gasteiger partial charge in [-0.05, 0) is 39.2 Å². The minimum atomic E-state index is -1.37. The molecule has 0 radical (unpaired) electrons. The number of nitrogens with one attached hydrogen (secondary N) is 1. The summed E-state index contributed by atoms with van der Waals surface area (Å²) in [6.07, 6.45) is 3.66. The van der Waals surface area contributed by atoms with Gasteiger partial charge in [0.25, 0.3) is 11.8 Å². The van der Waals surface area contributed by atoms with Crippen molar-refractivity contribution in [3.63, 3.8) is 0 Å². The average Bonchev–Trinajstić information content (AvgIpc) is 2.99. The van der Waals surface area contributed by atoms with Crippen molar-refractivity contribution in [3.8, 4) is 0 Å². The number of nitrogens with zero attached hydrogens (tertiary/aromatic N) is 1. The van der Waals surface area contributed by atoms with Crippen LogP contribution in [0, 0.1) is 5.41 Å². The van der Waals surface area contributed by atoms with Gasteiger partial charge in [-0.2, -0.15) is 0 Å². The third-order valence-corrected chi connectivity index (χ3v) is 5.57. The zero-order valence-corrected chi connectivity index (χ0v) is 17.8. The molecule has 1 spiro atoms. The van der Waals surface area contributed by atoms with Gasteiger partial charge in [0, 0.05) is 5.92 Å². The number of hydrazine groups is 1. The molecule has 1 aromatic carbocycles. The van der Waals surface area contributed by atoms with Gasteiger partial charge in [0.05, 0.1) is 19.4 Å². The molecular formula is C23H26N2O6. The van der Waals surface area contributed by atoms with E-state index in [1.54, 1.807) is 13.8 Å². The Balaban J connectivity index is 2.02. The molecule has 164 valence electrons. The van der Waals surface area contributed by atoms with Crippen LogP contribution >= 0.6 is 0 Å². The van der Waals surface area contributed by atoms with Crippen LogP contribution in [0.1, 0.15) is 45.1 Å². The predicted molar refractivity (Wildman–Crippen MR) is 111 cm³/mol. The Bertz CT molecular complexity index is 932. The summed E-state index contributed by atoms with van der Waals surface area (Å²) >= 11 is 0. The van der Waals surface area contributed by atoms with Gasteiger partial charge < -0.3 is 9.47 Å². The van der Waals surface area contributed by atoms with Gasteiger partial charge in [-0.15, -0.1) is 0 Å². The highest BCUT2D eigenvalue weighted by atomic mass is 16.6. The molecule has 0 saturated carbocycles. The topological polar surface area (TPSA) is 102 Å². The molecule has 1 heterocycles. The number of hydrogen-bond acceptors (Lipinski definition) is 6. The Kier molecular flexibility index (Phi) is 6.58. The molecule has 0 aromatic heterocycles. The number of allylic oxidation sites excluding steroid dienone is 2. The highest BCUT2D eigenvalue weighted by Crippen LogP contribution is 2.50. The van der Waals surface area contributed by atoms with Crippen LogP contribution in [0.4, 0.5) is 0 Å². The first kappa shape index (κ1) is 22.3. The van der Waals surface area contributed by atoms with Crippen LogP contribution in [0.2, 0.25) is 0 Å². The highest BCUT2D eigenvalue weighted by molar-refractivity contribution is 6.16. The normalized spacial score (nSPS) is 22.6. The Morgan fingerprint density at radius 3 is 2.32 bits per heavy atom. The number of benzene rings is 1. The number of carbonyl (C=O) groups excluding carboxylic acids is 4. The van der Waals surface area contributed by atoms with Crippen LogP contribution < -0.4 is 5.43 Å². The van der Waals surface area contributed by atoms with E-state index >= 15 is 0 Å². The first-order valence-electron chi connectivity index (χ1n) is 10.3. The van der Waals surface area contributed by atoms with E-state index in [-0.39, 0.29) is 25.6 Å². The van der Waals surface area contributed by atoms with E-state index < -0.39 is 34.7 Å². The molecule has 1 N–H and O–H groups in total. The molecule has 3 rings (SSSR count). The Hall–Kier alpha value is -3.42. The Morgan fingerprint density at radius 1 is 1.13 bits per heavy atom. The molecule has 2 unspecified atom stereocenters. The van der Waals surface area contributed by atoms with Crippen LogP contribution in [0.5, 0.6) is 0 Å². The molecule has 2 aliphatic rings. The zero-order chi connectivity index (χ0) is 22.6. The molecule has 0 bridgehead atoms. The Morgan fingerprint density at radius 2 is 1.74 bits per heavy atom. The number of carbonyl (C=O) groups is 4. The third-order valence-electron chi connectivity index (χ3n) is 5.57. The van der Waals surface area contributed by atoms with Crippen molar-refractivity contribution in [1.82, 2.24) is 10.4 Å². The SMILES string of the molecule is CCOC(=O)C(=CN1NC(=O)C2(CC=C(C)CC2c2ccccc2)C1=O)C(=O)OCC. The van der Waals surface area contributed by atoms with E-state index in [2.05, 4.69) is 5.43 Å². The van der Waals surface area contributed by atoms with Crippen molar-refractivity contribution in [1.29, 1.82) is 0 Å². The van der Waals surface area contributed by atoms with Gasteiger partial charge >= 0.3 is 11.9 Å². The van der Waals surface area contributed by atoms with Crippen molar-refractivity contribution in [2.75, 3.05) is 13.2 Å². The highest BCUT2D eigenvalue weighted by Gasteiger charge is 2.59. The summed E-state index contributed by atoms with van der Waals surface area (Å²) in [5.41, 5.74) is 2.66. The zero-order valence-electron chi connectivity index (χ0n) is 17.8. The van der Waals surface area contributed by atoms with Crippen molar-refractivity contribution in [2.24, 2.45) is 5.41 Å². The number of hydrogen-bond donors (Lipinski definition) is 1. The van der Waals surface area contributed by atoms with E-state index in [1.165, 1.54) is 0 Å². The summed E-state index contributed by atoms with van der Waals surface area (Å²) in [6.45, 7) is 5.25. The van der Waals surface area contributed by atoms with Crippen LogP contribution in [0.15, 0.2) is 53.8 Å². The van der Waals surface area contributed by atoms with Crippen molar-refractivity contribution in [2.45, 2.75) is 39.5 Å². The molecule has 1 aromatic rings. The van der Waals surface area contributed by atoms with E-state index in [0.29, 0.717) is 6.42 Å². The summed E-state index contributed by atoms with van der Waals surface area (Å²) < 4.78 is 9.83. The summed E-state index contributed by atoms with van der Waals surface area (Å²) in [5, 5.41) is 0.913. The lowest BCUT2D eigenvalue weighted by Crippen LogP contribution is -2.43. The molecule has 1 aliphatic heterocycles. The van der Waals surface area contributed by atoms with Gasteiger partial charge in [-0.1, -0.05) is 42.0 Å². The lowest BCUT2D eigenvalue weighted by molar-refractivity contribution is -0.146. The maximum Gasteiger partial charge on any atom is 0.347 e. The van der Waals surface area contributed by atoms with Gasteiger partial charge in [0.2, 0.25) is 0 Å². The van der Waals surface area contributed by atoms with Crippen LogP contribution in [0.25, 0.3) is 0 Å². The molecule has 31 heavy (non-hydrogen) atoms. The minimum Gasteiger partial charge on any atom is -0.462 e. The summed E-state index contributed by atoms with van der Waals surface area (Å²) in [4.78, 5) is 51.3. The lowest BCUT2D eigenvalue weighted by Gasteiger charge is -2.36. The van der Waals surface area contributed by atoms with Gasteiger partial charge in [-0.25, -0.2) is 14.6 Å². The van der Waals surface area contributed by atoms with Crippen molar-refractivity contribution < 1.29 is 28.7 Å². The number of amides is 2. The molecular weight excluding hydrogens is 400 g/mol. The van der Waals surface area contributed by atoms with Gasteiger partial charge in [0.15, 0.2) is 5.57 Å². The fraction of sp³-hybridized carbons (Fsp3) is 0.391. The molecule has 8 heteroatoms. The van der Waals surface area contributed by atoms with Crippen LogP contribution in [-0.2, 0) is 28.7 Å². The van der Waals surface area contributed by atoms with E-state index in [4.69, 9.17) is 9.47 Å². The second-order valence-electron chi connectivity index (χ2n) is 7.49. The smallest absolute Gasteiger partial charge is 0.347 e.